The minimum atomic E-state index is -0.455. The molecular weight excluding hydrogens is 457 g/mol. The predicted molar refractivity (Wildman–Crippen MR) is 130 cm³/mol. The van der Waals surface area contributed by atoms with Gasteiger partial charge in [-0.25, -0.2) is 14.4 Å². The molecule has 3 aliphatic rings. The topological polar surface area (TPSA) is 76.5 Å². The van der Waals surface area contributed by atoms with Crippen molar-refractivity contribution >= 4 is 46.6 Å². The number of thioether (sulfide) groups is 1. The molecule has 0 spiro atoms. The molecule has 1 atom stereocenters. The van der Waals surface area contributed by atoms with Gasteiger partial charge in [0.2, 0.25) is 4.77 Å². The van der Waals surface area contributed by atoms with Gasteiger partial charge in [-0.1, -0.05) is 30.3 Å². The van der Waals surface area contributed by atoms with Crippen LogP contribution in [0, 0.1) is 10.6 Å². The summed E-state index contributed by atoms with van der Waals surface area (Å²) < 4.78 is 15.8. The molecule has 1 aromatic heterocycles. The average Bonchev–Trinajstić information content (AvgIpc) is 3.17. The smallest absolute Gasteiger partial charge is 0.207 e. The van der Waals surface area contributed by atoms with E-state index in [1.54, 1.807) is 16.7 Å². The molecule has 6 nitrogen and oxygen atoms in total. The Morgan fingerprint density at radius 2 is 1.85 bits per heavy atom. The van der Waals surface area contributed by atoms with Crippen molar-refractivity contribution in [3.8, 4) is 5.69 Å². The number of hydrogen-bond donors (Lipinski definition) is 1. The summed E-state index contributed by atoms with van der Waals surface area (Å²) in [6, 6.07) is 15.4. The monoisotopic (exact) mass is 475 g/mol. The van der Waals surface area contributed by atoms with Crippen LogP contribution in [-0.2, 0) is 4.79 Å². The molecule has 0 fully saturated rings. The van der Waals surface area contributed by atoms with Crippen LogP contribution in [0.1, 0.15) is 30.9 Å². The molecule has 2 aliphatic heterocycles. The lowest BCUT2D eigenvalue weighted by molar-refractivity contribution is -0.116. The quantitative estimate of drug-likeness (QED) is 0.504. The minimum absolute atomic E-state index is 0.0636. The maximum Gasteiger partial charge on any atom is 0.207 e. The number of Topliss-reactive ketones (excluding diaryl/α,β-unsaturated/α-hetero) is 1. The van der Waals surface area contributed by atoms with Crippen LogP contribution in [0.3, 0.4) is 0 Å². The van der Waals surface area contributed by atoms with Crippen LogP contribution in [0.2, 0.25) is 0 Å². The largest absolute Gasteiger partial charge is 0.384 e. The number of fused-ring (bicyclic) bond motifs is 3. The number of nitrogens with zero attached hydrogens (tertiary/aromatic N) is 4. The zero-order valence-corrected chi connectivity index (χ0v) is 19.0. The van der Waals surface area contributed by atoms with Crippen LogP contribution in [-0.4, -0.2) is 20.5 Å². The van der Waals surface area contributed by atoms with Crippen LogP contribution in [0.15, 0.2) is 75.8 Å². The molecular formula is C24H18FN5OS2. The van der Waals surface area contributed by atoms with E-state index in [0.717, 1.165) is 34.7 Å². The Balaban J connectivity index is 1.57. The van der Waals surface area contributed by atoms with Gasteiger partial charge in [0.25, 0.3) is 0 Å². The predicted octanol–water partition coefficient (Wildman–Crippen LogP) is 5.35. The Morgan fingerprint density at radius 3 is 2.61 bits per heavy atom. The second-order valence-electron chi connectivity index (χ2n) is 8.06. The van der Waals surface area contributed by atoms with Gasteiger partial charge in [0, 0.05) is 17.7 Å². The highest BCUT2D eigenvalue weighted by atomic mass is 32.2. The normalized spacial score (nSPS) is 19.2. The van der Waals surface area contributed by atoms with Crippen molar-refractivity contribution in [2.45, 2.75) is 30.2 Å². The van der Waals surface area contributed by atoms with Crippen molar-refractivity contribution < 1.29 is 9.18 Å². The van der Waals surface area contributed by atoms with E-state index in [0.29, 0.717) is 33.6 Å². The number of benzene rings is 2. The number of ketones is 1. The molecule has 3 heterocycles. The first-order valence-electron chi connectivity index (χ1n) is 10.6. The van der Waals surface area contributed by atoms with Crippen molar-refractivity contribution in [2.75, 3.05) is 10.6 Å². The fourth-order valence-electron chi connectivity index (χ4n) is 4.62. The van der Waals surface area contributed by atoms with Gasteiger partial charge in [-0.05, 0) is 66.7 Å². The van der Waals surface area contributed by atoms with E-state index in [1.807, 2.05) is 35.2 Å². The van der Waals surface area contributed by atoms with Crippen LogP contribution >= 0.6 is 24.0 Å². The SMILES string of the molecule is Nc1c2c(nc(=S)n1-c1ccccc1)N1C(=NC3=C(C(=O)CCC3)C1c1ccc(F)cc1)S2. The molecule has 33 heavy (non-hydrogen) atoms. The molecule has 3 aromatic rings. The zero-order chi connectivity index (χ0) is 22.7. The number of allylic oxidation sites excluding steroid dienone is 1. The number of para-hydroxylation sites is 1. The lowest BCUT2D eigenvalue weighted by Crippen LogP contribution is -2.38. The summed E-state index contributed by atoms with van der Waals surface area (Å²) in [5.74, 6) is 0.782. The van der Waals surface area contributed by atoms with Gasteiger partial charge < -0.3 is 5.73 Å². The van der Waals surface area contributed by atoms with E-state index < -0.39 is 6.04 Å². The lowest BCUT2D eigenvalue weighted by Gasteiger charge is -2.36. The van der Waals surface area contributed by atoms with Crippen molar-refractivity contribution in [1.82, 2.24) is 9.55 Å². The first kappa shape index (κ1) is 20.3. The summed E-state index contributed by atoms with van der Waals surface area (Å²) in [7, 11) is 0. The maximum absolute atomic E-state index is 13.7. The highest BCUT2D eigenvalue weighted by molar-refractivity contribution is 8.15. The van der Waals surface area contributed by atoms with E-state index in [-0.39, 0.29) is 11.6 Å². The maximum atomic E-state index is 13.7. The third-order valence-electron chi connectivity index (χ3n) is 6.09. The Kier molecular flexibility index (Phi) is 4.70. The summed E-state index contributed by atoms with van der Waals surface area (Å²) in [5.41, 5.74) is 9.69. The molecule has 0 amide bonds. The number of rotatable bonds is 2. The molecule has 1 aliphatic carbocycles. The van der Waals surface area contributed by atoms with Gasteiger partial charge in [-0.2, -0.15) is 0 Å². The molecule has 0 radical (unpaired) electrons. The summed E-state index contributed by atoms with van der Waals surface area (Å²) >= 11 is 7.06. The van der Waals surface area contributed by atoms with Gasteiger partial charge in [-0.3, -0.25) is 14.3 Å². The molecule has 164 valence electrons. The summed E-state index contributed by atoms with van der Waals surface area (Å²) in [6.45, 7) is 0. The average molecular weight is 476 g/mol. The second kappa shape index (κ2) is 7.64. The van der Waals surface area contributed by atoms with Crippen LogP contribution in [0.5, 0.6) is 0 Å². The molecule has 1 unspecified atom stereocenters. The number of anilines is 2. The van der Waals surface area contributed by atoms with Crippen molar-refractivity contribution in [3.05, 3.63) is 82.0 Å². The fraction of sp³-hybridized carbons (Fsp3) is 0.167. The number of nitrogens with two attached hydrogens (primary N) is 1. The van der Waals surface area contributed by atoms with E-state index >= 15 is 0 Å². The minimum Gasteiger partial charge on any atom is -0.384 e. The van der Waals surface area contributed by atoms with E-state index in [4.69, 9.17) is 27.9 Å². The highest BCUT2D eigenvalue weighted by Gasteiger charge is 2.44. The molecule has 2 N–H and O–H groups in total. The Hall–Kier alpha value is -3.30. The fourth-order valence-corrected chi connectivity index (χ4v) is 5.97. The van der Waals surface area contributed by atoms with Crippen LogP contribution in [0.4, 0.5) is 16.0 Å². The van der Waals surface area contributed by atoms with E-state index in [2.05, 4.69) is 0 Å². The molecule has 2 aromatic carbocycles. The zero-order valence-electron chi connectivity index (χ0n) is 17.4. The Bertz CT molecular complexity index is 1430. The van der Waals surface area contributed by atoms with Gasteiger partial charge >= 0.3 is 0 Å². The highest BCUT2D eigenvalue weighted by Crippen LogP contribution is 2.52. The molecule has 0 bridgehead atoms. The summed E-state index contributed by atoms with van der Waals surface area (Å²) in [6.07, 6.45) is 1.97. The van der Waals surface area contributed by atoms with Crippen LogP contribution < -0.4 is 10.6 Å². The lowest BCUT2D eigenvalue weighted by atomic mass is 9.85. The summed E-state index contributed by atoms with van der Waals surface area (Å²) in [4.78, 5) is 25.3. The van der Waals surface area contributed by atoms with Gasteiger partial charge in [-0.15, -0.1) is 0 Å². The number of carbonyl (C=O) groups is 1. The number of carbonyl (C=O) groups excluding carboxylic acids is 1. The number of amidine groups is 1. The molecule has 0 saturated heterocycles. The first-order chi connectivity index (χ1) is 16.0. The summed E-state index contributed by atoms with van der Waals surface area (Å²) in [5, 5.41) is 0.701. The number of aliphatic imine (C=N–C) groups is 1. The van der Waals surface area contributed by atoms with Crippen molar-refractivity contribution in [3.63, 3.8) is 0 Å². The van der Waals surface area contributed by atoms with Crippen molar-refractivity contribution in [1.29, 1.82) is 0 Å². The first-order valence-corrected chi connectivity index (χ1v) is 11.8. The van der Waals surface area contributed by atoms with Gasteiger partial charge in [0.1, 0.15) is 11.6 Å². The van der Waals surface area contributed by atoms with Gasteiger partial charge in [0.05, 0.1) is 16.6 Å². The third kappa shape index (κ3) is 3.14. The molecule has 0 saturated carbocycles. The van der Waals surface area contributed by atoms with Crippen LogP contribution in [0.25, 0.3) is 5.69 Å². The number of nitrogen functional groups attached to an aromatic ring is 1. The number of hydrogen-bond acceptors (Lipinski definition) is 7. The van der Waals surface area contributed by atoms with Gasteiger partial charge in [0.15, 0.2) is 16.8 Å². The molecule has 6 rings (SSSR count). The number of aromatic nitrogens is 2. The third-order valence-corrected chi connectivity index (χ3v) is 7.43. The Morgan fingerprint density at radius 1 is 1.09 bits per heavy atom. The standard InChI is InChI=1S/C24H18FN5OS2/c25-14-11-9-13(10-12-14)19-18-16(7-4-8-17(18)31)27-24-30(19)22-20(33-24)21(26)29(23(32)28-22)15-5-2-1-3-6-15/h1-3,5-6,9-12,19H,4,7-8,26H2. The second-order valence-corrected chi connectivity index (χ2v) is 9.40. The van der Waals surface area contributed by atoms with E-state index in [1.165, 1.54) is 23.9 Å². The van der Waals surface area contributed by atoms with E-state index in [9.17, 15) is 9.18 Å². The Labute approximate surface area is 198 Å². The van der Waals surface area contributed by atoms with Crippen molar-refractivity contribution in [2.24, 2.45) is 4.99 Å². The number of halogens is 1. The molecule has 9 heteroatoms.